The molecule has 0 bridgehead atoms. The van der Waals surface area contributed by atoms with Crippen LogP contribution in [0.15, 0.2) is 47.4 Å². The Labute approximate surface area is 159 Å². The van der Waals surface area contributed by atoms with E-state index in [0.717, 1.165) is 11.3 Å². The van der Waals surface area contributed by atoms with Crippen LogP contribution in [0, 0.1) is 0 Å². The maximum Gasteiger partial charge on any atom is 0.338 e. The van der Waals surface area contributed by atoms with Crippen LogP contribution in [0.1, 0.15) is 21.6 Å². The third-order valence-corrected chi connectivity index (χ3v) is 4.28. The molecular weight excluding hydrogens is 376 g/mol. The van der Waals surface area contributed by atoms with Crippen molar-refractivity contribution in [3.63, 3.8) is 0 Å². The molecule has 0 radical (unpaired) electrons. The predicted octanol–water partition coefficient (Wildman–Crippen LogP) is 4.14. The van der Waals surface area contributed by atoms with E-state index in [1.807, 2.05) is 5.38 Å². The van der Waals surface area contributed by atoms with Gasteiger partial charge in [0.05, 0.1) is 23.9 Å². The summed E-state index contributed by atoms with van der Waals surface area (Å²) < 4.78 is 16.3. The maximum absolute atomic E-state index is 12.2. The molecular formula is C18H15ClN2O4S. The van der Waals surface area contributed by atoms with Crippen molar-refractivity contribution >= 4 is 28.9 Å². The Morgan fingerprint density at radius 3 is 2.73 bits per heavy atom. The molecule has 2 aromatic heterocycles. The summed E-state index contributed by atoms with van der Waals surface area (Å²) in [6.45, 7) is 0.431. The van der Waals surface area contributed by atoms with Gasteiger partial charge in [0.1, 0.15) is 18.4 Å². The molecule has 2 heterocycles. The molecule has 0 amide bonds. The molecule has 0 saturated carbocycles. The van der Waals surface area contributed by atoms with Crippen LogP contribution in [0.4, 0.5) is 0 Å². The minimum Gasteiger partial charge on any atom is -0.493 e. The van der Waals surface area contributed by atoms with E-state index in [1.165, 1.54) is 18.4 Å². The summed E-state index contributed by atoms with van der Waals surface area (Å²) >= 11 is 7.23. The van der Waals surface area contributed by atoms with E-state index >= 15 is 0 Å². The monoisotopic (exact) mass is 390 g/mol. The lowest BCUT2D eigenvalue weighted by atomic mass is 10.2. The zero-order chi connectivity index (χ0) is 18.4. The molecule has 1 aromatic carbocycles. The van der Waals surface area contributed by atoms with Crippen LogP contribution in [0.25, 0.3) is 0 Å². The van der Waals surface area contributed by atoms with Crippen molar-refractivity contribution in [2.24, 2.45) is 0 Å². The number of thiazole rings is 1. The second kappa shape index (κ2) is 8.64. The maximum atomic E-state index is 12.2. The second-order valence-corrected chi connectivity index (χ2v) is 6.31. The summed E-state index contributed by atoms with van der Waals surface area (Å²) in [5.74, 6) is 0.506. The van der Waals surface area contributed by atoms with E-state index in [4.69, 9.17) is 25.8 Å². The summed E-state index contributed by atoms with van der Waals surface area (Å²) in [5, 5.41) is 2.29. The number of hydrogen-bond donors (Lipinski definition) is 0. The summed E-state index contributed by atoms with van der Waals surface area (Å²) in [5.41, 5.74) is 3.69. The highest BCUT2D eigenvalue weighted by Crippen LogP contribution is 2.29. The van der Waals surface area contributed by atoms with Crippen molar-refractivity contribution in [3.05, 3.63) is 69.4 Å². The smallest absolute Gasteiger partial charge is 0.338 e. The number of carbonyl (C=O) groups is 1. The number of nitrogens with zero attached hydrogens (tertiary/aromatic N) is 2. The summed E-state index contributed by atoms with van der Waals surface area (Å²) in [7, 11) is 1.51. The van der Waals surface area contributed by atoms with Gasteiger partial charge in [-0.2, -0.15) is 0 Å². The molecule has 0 aliphatic heterocycles. The number of carbonyl (C=O) groups excluding carboxylic acids is 1. The minimum absolute atomic E-state index is 0.105. The number of rotatable bonds is 7. The molecule has 0 fully saturated rings. The Bertz CT molecular complexity index is 869. The van der Waals surface area contributed by atoms with E-state index in [0.29, 0.717) is 28.8 Å². The number of ether oxygens (including phenoxy) is 3. The number of pyridine rings is 1. The molecule has 0 spiro atoms. The van der Waals surface area contributed by atoms with Gasteiger partial charge in [-0.05, 0) is 24.3 Å². The summed E-state index contributed by atoms with van der Waals surface area (Å²) in [6.07, 6.45) is 1.56. The molecule has 0 unspecified atom stereocenters. The Balaban J connectivity index is 1.63. The normalized spacial score (nSPS) is 10.4. The fourth-order valence-electron chi connectivity index (χ4n) is 2.10. The number of halogens is 1. The van der Waals surface area contributed by atoms with Crippen molar-refractivity contribution in [1.82, 2.24) is 9.97 Å². The molecule has 6 nitrogen and oxygen atoms in total. The molecule has 0 saturated heterocycles. The predicted molar refractivity (Wildman–Crippen MR) is 97.8 cm³/mol. The van der Waals surface area contributed by atoms with Crippen LogP contribution < -0.4 is 9.47 Å². The van der Waals surface area contributed by atoms with Gasteiger partial charge in [0.15, 0.2) is 11.5 Å². The van der Waals surface area contributed by atoms with Gasteiger partial charge in [-0.15, -0.1) is 11.3 Å². The third kappa shape index (κ3) is 4.71. The number of hydrogen-bond acceptors (Lipinski definition) is 7. The SMILES string of the molecule is COc1cc(C(=O)OCc2ccc(Cl)nc2)ccc1OCc1cscn1. The summed E-state index contributed by atoms with van der Waals surface area (Å²) in [4.78, 5) is 20.3. The summed E-state index contributed by atoms with van der Waals surface area (Å²) in [6, 6.07) is 8.27. The molecule has 26 heavy (non-hydrogen) atoms. The fraction of sp³-hybridized carbons (Fsp3) is 0.167. The van der Waals surface area contributed by atoms with Gasteiger partial charge in [0.25, 0.3) is 0 Å². The number of benzene rings is 1. The molecule has 3 rings (SSSR count). The Morgan fingerprint density at radius 1 is 1.15 bits per heavy atom. The van der Waals surface area contributed by atoms with Crippen molar-refractivity contribution in [1.29, 1.82) is 0 Å². The third-order valence-electron chi connectivity index (χ3n) is 3.42. The Morgan fingerprint density at radius 2 is 2.04 bits per heavy atom. The molecule has 0 aliphatic carbocycles. The fourth-order valence-corrected chi connectivity index (χ4v) is 2.75. The first-order chi connectivity index (χ1) is 12.7. The Kier molecular flexibility index (Phi) is 6.04. The van der Waals surface area contributed by atoms with Gasteiger partial charge >= 0.3 is 5.97 Å². The number of esters is 1. The molecule has 0 aliphatic rings. The van der Waals surface area contributed by atoms with Crippen molar-refractivity contribution in [2.75, 3.05) is 7.11 Å². The van der Waals surface area contributed by atoms with E-state index < -0.39 is 5.97 Å². The zero-order valence-corrected chi connectivity index (χ0v) is 15.4. The van der Waals surface area contributed by atoms with Gasteiger partial charge in [-0.1, -0.05) is 17.7 Å². The number of methoxy groups -OCH3 is 1. The van der Waals surface area contributed by atoms with Crippen LogP contribution >= 0.6 is 22.9 Å². The van der Waals surface area contributed by atoms with Crippen LogP contribution in [-0.2, 0) is 18.0 Å². The lowest BCUT2D eigenvalue weighted by Crippen LogP contribution is -2.06. The standard InChI is InChI=1S/C18H15ClN2O4S/c1-23-16-6-13(3-4-15(16)24-9-14-10-26-11-21-14)18(22)25-8-12-2-5-17(19)20-7-12/h2-7,10-11H,8-9H2,1H3. The molecule has 8 heteroatoms. The molecule has 0 atom stereocenters. The average Bonchev–Trinajstić information content (AvgIpc) is 3.19. The van der Waals surface area contributed by atoms with E-state index in [9.17, 15) is 4.79 Å². The molecule has 134 valence electrons. The Hall–Kier alpha value is -2.64. The molecule has 0 N–H and O–H groups in total. The van der Waals surface area contributed by atoms with Gasteiger partial charge in [-0.3, -0.25) is 0 Å². The van der Waals surface area contributed by atoms with Crippen molar-refractivity contribution < 1.29 is 19.0 Å². The van der Waals surface area contributed by atoms with Crippen LogP contribution in [-0.4, -0.2) is 23.0 Å². The average molecular weight is 391 g/mol. The highest BCUT2D eigenvalue weighted by Gasteiger charge is 2.13. The lowest BCUT2D eigenvalue weighted by Gasteiger charge is -2.11. The van der Waals surface area contributed by atoms with Crippen LogP contribution in [0.2, 0.25) is 5.15 Å². The van der Waals surface area contributed by atoms with Crippen LogP contribution in [0.5, 0.6) is 11.5 Å². The highest BCUT2D eigenvalue weighted by atomic mass is 35.5. The van der Waals surface area contributed by atoms with E-state index in [1.54, 1.807) is 42.0 Å². The quantitative estimate of drug-likeness (QED) is 0.446. The first kappa shape index (κ1) is 18.2. The first-order valence-corrected chi connectivity index (χ1v) is 8.93. The largest absolute Gasteiger partial charge is 0.493 e. The van der Waals surface area contributed by atoms with Gasteiger partial charge in [0, 0.05) is 17.1 Å². The van der Waals surface area contributed by atoms with Gasteiger partial charge < -0.3 is 14.2 Å². The molecule has 3 aromatic rings. The minimum atomic E-state index is -0.468. The van der Waals surface area contributed by atoms with Gasteiger partial charge in [0.2, 0.25) is 0 Å². The number of aromatic nitrogens is 2. The lowest BCUT2D eigenvalue weighted by molar-refractivity contribution is 0.0472. The van der Waals surface area contributed by atoms with Crippen LogP contribution in [0.3, 0.4) is 0 Å². The highest BCUT2D eigenvalue weighted by molar-refractivity contribution is 7.07. The first-order valence-electron chi connectivity index (χ1n) is 7.61. The topological polar surface area (TPSA) is 70.5 Å². The van der Waals surface area contributed by atoms with Crippen molar-refractivity contribution in [2.45, 2.75) is 13.2 Å². The van der Waals surface area contributed by atoms with Crippen molar-refractivity contribution in [3.8, 4) is 11.5 Å². The van der Waals surface area contributed by atoms with Gasteiger partial charge in [-0.25, -0.2) is 14.8 Å². The zero-order valence-electron chi connectivity index (χ0n) is 13.8. The second-order valence-electron chi connectivity index (χ2n) is 5.20. The van der Waals surface area contributed by atoms with E-state index in [2.05, 4.69) is 9.97 Å². The van der Waals surface area contributed by atoms with E-state index in [-0.39, 0.29) is 6.61 Å².